The molecule has 2 aromatic carbocycles. The van der Waals surface area contributed by atoms with Gasteiger partial charge in [-0.1, -0.05) is 24.3 Å². The van der Waals surface area contributed by atoms with Crippen molar-refractivity contribution >= 4 is 17.4 Å². The van der Waals surface area contributed by atoms with Gasteiger partial charge in [0.1, 0.15) is 11.6 Å². The Hall–Kier alpha value is -3.87. The number of amides is 2. The summed E-state index contributed by atoms with van der Waals surface area (Å²) in [6, 6.07) is 15.3. The lowest BCUT2D eigenvalue weighted by atomic mass is 10.2. The van der Waals surface area contributed by atoms with Crippen LogP contribution >= 0.6 is 0 Å². The van der Waals surface area contributed by atoms with Crippen molar-refractivity contribution in [2.75, 3.05) is 10.6 Å². The standard InChI is InChI=1S/C23H24N6O/c1-17-24-11-13-28(17)15-19-3-7-21(8-4-19)26-23(30)27-22-9-5-20(6-10-22)16-29-14-12-25-18(29)2/h3-14H,15-16H2,1-2H3,(H2,26,27,30). The number of nitrogens with zero attached hydrogens (tertiary/aromatic N) is 4. The summed E-state index contributed by atoms with van der Waals surface area (Å²) in [6.45, 7) is 5.46. The van der Waals surface area contributed by atoms with E-state index in [1.165, 1.54) is 0 Å². The fraction of sp³-hybridized carbons (Fsp3) is 0.174. The van der Waals surface area contributed by atoms with Gasteiger partial charge in [-0.25, -0.2) is 14.8 Å². The van der Waals surface area contributed by atoms with E-state index in [1.54, 1.807) is 12.4 Å². The van der Waals surface area contributed by atoms with Crippen LogP contribution in [0.4, 0.5) is 16.2 Å². The fourth-order valence-electron chi connectivity index (χ4n) is 3.22. The zero-order valence-electron chi connectivity index (χ0n) is 17.0. The Kier molecular flexibility index (Phi) is 5.61. The highest BCUT2D eigenvalue weighted by atomic mass is 16.2. The summed E-state index contributed by atoms with van der Waals surface area (Å²) in [7, 11) is 0. The highest BCUT2D eigenvalue weighted by Crippen LogP contribution is 2.14. The molecule has 4 rings (SSSR count). The Morgan fingerprint density at radius 3 is 1.47 bits per heavy atom. The minimum absolute atomic E-state index is 0.272. The van der Waals surface area contributed by atoms with Crippen LogP contribution in [0.1, 0.15) is 22.8 Å². The van der Waals surface area contributed by atoms with Crippen molar-refractivity contribution in [2.24, 2.45) is 0 Å². The fourth-order valence-corrected chi connectivity index (χ4v) is 3.22. The maximum absolute atomic E-state index is 12.3. The van der Waals surface area contributed by atoms with Crippen LogP contribution in [0, 0.1) is 13.8 Å². The van der Waals surface area contributed by atoms with Crippen LogP contribution in [0.2, 0.25) is 0 Å². The number of urea groups is 1. The second-order valence-corrected chi connectivity index (χ2v) is 7.18. The van der Waals surface area contributed by atoms with E-state index in [0.717, 1.165) is 47.2 Å². The molecule has 0 bridgehead atoms. The molecule has 7 nitrogen and oxygen atoms in total. The number of nitrogens with one attached hydrogen (secondary N) is 2. The average molecular weight is 400 g/mol. The van der Waals surface area contributed by atoms with E-state index in [9.17, 15) is 4.79 Å². The molecule has 0 aliphatic rings. The second kappa shape index (κ2) is 8.65. The summed E-state index contributed by atoms with van der Waals surface area (Å²) >= 11 is 0. The van der Waals surface area contributed by atoms with Gasteiger partial charge in [0.15, 0.2) is 0 Å². The first kappa shape index (κ1) is 19.4. The van der Waals surface area contributed by atoms with E-state index >= 15 is 0 Å². The van der Waals surface area contributed by atoms with Gasteiger partial charge >= 0.3 is 6.03 Å². The van der Waals surface area contributed by atoms with Crippen molar-refractivity contribution in [1.29, 1.82) is 0 Å². The summed E-state index contributed by atoms with van der Waals surface area (Å²) in [5.41, 5.74) is 3.77. The quantitative estimate of drug-likeness (QED) is 0.502. The van der Waals surface area contributed by atoms with Gasteiger partial charge in [0.2, 0.25) is 0 Å². The van der Waals surface area contributed by atoms with E-state index in [1.807, 2.05) is 74.8 Å². The molecule has 0 spiro atoms. The SMILES string of the molecule is Cc1nccn1Cc1ccc(NC(=O)Nc2ccc(Cn3ccnc3C)cc2)cc1. The highest BCUT2D eigenvalue weighted by Gasteiger charge is 2.05. The third-order valence-corrected chi connectivity index (χ3v) is 4.98. The molecule has 0 unspecified atom stereocenters. The molecule has 0 saturated heterocycles. The number of carbonyl (C=O) groups excluding carboxylic acids is 1. The molecule has 2 N–H and O–H groups in total. The summed E-state index contributed by atoms with van der Waals surface area (Å²) in [5.74, 6) is 1.95. The minimum atomic E-state index is -0.272. The van der Waals surface area contributed by atoms with Crippen molar-refractivity contribution in [1.82, 2.24) is 19.1 Å². The Balaban J connectivity index is 1.31. The van der Waals surface area contributed by atoms with Crippen LogP contribution < -0.4 is 10.6 Å². The van der Waals surface area contributed by atoms with Gasteiger partial charge in [-0.3, -0.25) is 0 Å². The number of aryl methyl sites for hydroxylation is 2. The normalized spacial score (nSPS) is 10.7. The van der Waals surface area contributed by atoms with Crippen molar-refractivity contribution in [3.8, 4) is 0 Å². The van der Waals surface area contributed by atoms with Crippen molar-refractivity contribution in [2.45, 2.75) is 26.9 Å². The zero-order valence-corrected chi connectivity index (χ0v) is 17.0. The van der Waals surface area contributed by atoms with E-state index in [4.69, 9.17) is 0 Å². The minimum Gasteiger partial charge on any atom is -0.331 e. The van der Waals surface area contributed by atoms with Gasteiger partial charge in [0.25, 0.3) is 0 Å². The second-order valence-electron chi connectivity index (χ2n) is 7.18. The van der Waals surface area contributed by atoms with Gasteiger partial charge in [0.05, 0.1) is 0 Å². The van der Waals surface area contributed by atoms with Crippen molar-refractivity contribution < 1.29 is 4.79 Å². The molecule has 2 amide bonds. The predicted molar refractivity (Wildman–Crippen MR) is 118 cm³/mol. The molecule has 0 aliphatic carbocycles. The maximum Gasteiger partial charge on any atom is 0.323 e. The Morgan fingerprint density at radius 1 is 0.733 bits per heavy atom. The number of anilines is 2. The van der Waals surface area contributed by atoms with Crippen LogP contribution in [0.25, 0.3) is 0 Å². The lowest BCUT2D eigenvalue weighted by Gasteiger charge is -2.10. The molecule has 0 saturated carbocycles. The summed E-state index contributed by atoms with van der Waals surface area (Å²) < 4.78 is 4.15. The molecule has 0 fully saturated rings. The monoisotopic (exact) mass is 400 g/mol. The number of benzene rings is 2. The van der Waals surface area contributed by atoms with E-state index in [-0.39, 0.29) is 6.03 Å². The van der Waals surface area contributed by atoms with Gasteiger partial charge in [-0.05, 0) is 49.2 Å². The Morgan fingerprint density at radius 2 is 1.13 bits per heavy atom. The van der Waals surface area contributed by atoms with E-state index < -0.39 is 0 Å². The van der Waals surface area contributed by atoms with E-state index in [0.29, 0.717) is 0 Å². The number of rotatable bonds is 6. The lowest BCUT2D eigenvalue weighted by molar-refractivity contribution is 0.262. The van der Waals surface area contributed by atoms with Crippen LogP contribution in [0.3, 0.4) is 0 Å². The summed E-state index contributed by atoms with van der Waals surface area (Å²) in [6.07, 6.45) is 7.50. The van der Waals surface area contributed by atoms with Gasteiger partial charge in [0, 0.05) is 49.3 Å². The summed E-state index contributed by atoms with van der Waals surface area (Å²) in [5, 5.41) is 5.73. The van der Waals surface area contributed by atoms with Crippen LogP contribution in [-0.2, 0) is 13.1 Å². The lowest BCUT2D eigenvalue weighted by Crippen LogP contribution is -2.19. The van der Waals surface area contributed by atoms with Gasteiger partial charge in [-0.15, -0.1) is 0 Å². The van der Waals surface area contributed by atoms with Crippen LogP contribution in [0.15, 0.2) is 73.3 Å². The first-order valence-corrected chi connectivity index (χ1v) is 9.78. The first-order valence-electron chi connectivity index (χ1n) is 9.78. The Labute approximate surface area is 175 Å². The predicted octanol–water partition coefficient (Wildman–Crippen LogP) is 4.44. The number of imidazole rings is 2. The number of hydrogen-bond donors (Lipinski definition) is 2. The largest absolute Gasteiger partial charge is 0.331 e. The molecular weight excluding hydrogens is 376 g/mol. The third-order valence-electron chi connectivity index (χ3n) is 4.98. The average Bonchev–Trinajstić information content (AvgIpc) is 3.33. The van der Waals surface area contributed by atoms with Crippen molar-refractivity contribution in [3.63, 3.8) is 0 Å². The topological polar surface area (TPSA) is 76.8 Å². The number of hydrogen-bond acceptors (Lipinski definition) is 3. The summed E-state index contributed by atoms with van der Waals surface area (Å²) in [4.78, 5) is 20.8. The highest BCUT2D eigenvalue weighted by molar-refractivity contribution is 5.99. The number of carbonyl (C=O) groups is 1. The zero-order chi connectivity index (χ0) is 20.9. The van der Waals surface area contributed by atoms with Crippen LogP contribution in [0.5, 0.6) is 0 Å². The van der Waals surface area contributed by atoms with Gasteiger partial charge < -0.3 is 19.8 Å². The Bertz CT molecular complexity index is 1040. The smallest absolute Gasteiger partial charge is 0.323 e. The molecule has 2 heterocycles. The number of aromatic nitrogens is 4. The molecule has 0 aliphatic heterocycles. The molecule has 30 heavy (non-hydrogen) atoms. The molecule has 7 heteroatoms. The van der Waals surface area contributed by atoms with Crippen LogP contribution in [-0.4, -0.2) is 25.1 Å². The van der Waals surface area contributed by atoms with E-state index in [2.05, 4.69) is 29.7 Å². The molecule has 152 valence electrons. The van der Waals surface area contributed by atoms with Gasteiger partial charge in [-0.2, -0.15) is 0 Å². The molecule has 2 aromatic heterocycles. The molecule has 4 aromatic rings. The maximum atomic E-state index is 12.3. The third kappa shape index (κ3) is 4.75. The molecular formula is C23H24N6O. The van der Waals surface area contributed by atoms with Crippen molar-refractivity contribution in [3.05, 3.63) is 96.1 Å². The molecule has 0 radical (unpaired) electrons. The molecule has 0 atom stereocenters. The first-order chi connectivity index (χ1) is 14.6.